The predicted molar refractivity (Wildman–Crippen MR) is 141 cm³/mol. The first kappa shape index (κ1) is 24.8. The molecule has 0 saturated carbocycles. The summed E-state index contributed by atoms with van der Waals surface area (Å²) >= 11 is 6.04. The number of aromatic nitrogens is 3. The van der Waals surface area contributed by atoms with E-state index in [1.54, 1.807) is 18.5 Å². The minimum atomic E-state index is 0.127. The number of likely N-dealkylation sites (tertiary alicyclic amines) is 1. The molecule has 1 unspecified atom stereocenters. The van der Waals surface area contributed by atoms with Gasteiger partial charge in [-0.15, -0.1) is 0 Å². The number of allylic oxidation sites excluding steroid dienone is 1. The first-order valence-electron chi connectivity index (χ1n) is 11.6. The van der Waals surface area contributed by atoms with Crippen LogP contribution in [0.4, 0.5) is 17.3 Å². The molecule has 2 aromatic heterocycles. The smallest absolute Gasteiger partial charge is 0.227 e. The average molecular weight is 492 g/mol. The lowest BCUT2D eigenvalue weighted by Gasteiger charge is -2.39. The van der Waals surface area contributed by atoms with E-state index in [-0.39, 0.29) is 6.17 Å². The van der Waals surface area contributed by atoms with Crippen molar-refractivity contribution in [1.29, 1.82) is 0 Å². The van der Waals surface area contributed by atoms with Crippen LogP contribution in [0.25, 0.3) is 11.1 Å². The van der Waals surface area contributed by atoms with Gasteiger partial charge < -0.3 is 10.6 Å². The molecule has 0 radical (unpaired) electrons. The Morgan fingerprint density at radius 3 is 2.51 bits per heavy atom. The number of rotatable bonds is 9. The molecular formula is C26H30ClN7O. The van der Waals surface area contributed by atoms with Crippen molar-refractivity contribution in [1.82, 2.24) is 24.8 Å². The summed E-state index contributed by atoms with van der Waals surface area (Å²) in [6.45, 7) is 1.90. The van der Waals surface area contributed by atoms with Gasteiger partial charge in [0.05, 0.1) is 11.9 Å². The molecule has 2 N–H and O–H groups in total. The number of hydrogen-bond acceptors (Lipinski definition) is 8. The highest BCUT2D eigenvalue weighted by molar-refractivity contribution is 6.30. The fourth-order valence-electron chi connectivity index (χ4n) is 4.22. The third kappa shape index (κ3) is 6.85. The summed E-state index contributed by atoms with van der Waals surface area (Å²) < 4.78 is 0. The molecule has 3 heterocycles. The van der Waals surface area contributed by atoms with Crippen molar-refractivity contribution in [2.24, 2.45) is 0 Å². The lowest BCUT2D eigenvalue weighted by atomic mass is 10.0. The molecule has 9 heteroatoms. The Morgan fingerprint density at radius 2 is 1.83 bits per heavy atom. The zero-order chi connectivity index (χ0) is 24.6. The Hall–Kier alpha value is -3.33. The summed E-state index contributed by atoms with van der Waals surface area (Å²) in [7, 11) is 4.07. The molecule has 1 aliphatic rings. The van der Waals surface area contributed by atoms with Gasteiger partial charge in [-0.3, -0.25) is 19.6 Å². The van der Waals surface area contributed by atoms with Gasteiger partial charge in [-0.05, 0) is 63.4 Å². The van der Waals surface area contributed by atoms with E-state index in [2.05, 4.69) is 41.5 Å². The molecule has 8 nitrogen and oxygen atoms in total. The Kier molecular flexibility index (Phi) is 8.41. The predicted octanol–water partition coefficient (Wildman–Crippen LogP) is 4.45. The van der Waals surface area contributed by atoms with E-state index in [9.17, 15) is 4.79 Å². The molecule has 35 heavy (non-hydrogen) atoms. The standard InChI is InChI=1S/C26H30ClN7O/c1-33(2)25(7-4-12-35)34-10-8-22(9-11-34)31-24-13-19(15-28-18-24)20-16-29-26(30-17-20)32-23-6-3-5-21(27)14-23/h3-7,12-18,22,25,31H,8-11H2,1-2H3,(H,29,30,32)/b7-4+. The topological polar surface area (TPSA) is 86.3 Å². The maximum Gasteiger partial charge on any atom is 0.227 e. The van der Waals surface area contributed by atoms with E-state index in [0.717, 1.165) is 54.7 Å². The van der Waals surface area contributed by atoms with Crippen LogP contribution < -0.4 is 10.6 Å². The van der Waals surface area contributed by atoms with E-state index in [1.165, 1.54) is 0 Å². The number of carbonyl (C=O) groups excluding carboxylic acids is 1. The van der Waals surface area contributed by atoms with Crippen molar-refractivity contribution in [3.63, 3.8) is 0 Å². The number of pyridine rings is 1. The normalized spacial score (nSPS) is 15.9. The van der Waals surface area contributed by atoms with Gasteiger partial charge in [0.2, 0.25) is 5.95 Å². The van der Waals surface area contributed by atoms with E-state index < -0.39 is 0 Å². The summed E-state index contributed by atoms with van der Waals surface area (Å²) in [6, 6.07) is 9.87. The van der Waals surface area contributed by atoms with E-state index in [1.807, 2.05) is 56.8 Å². The molecular weight excluding hydrogens is 462 g/mol. The van der Waals surface area contributed by atoms with Crippen molar-refractivity contribution >= 4 is 35.2 Å². The summed E-state index contributed by atoms with van der Waals surface area (Å²) in [5, 5.41) is 7.44. The van der Waals surface area contributed by atoms with Crippen LogP contribution >= 0.6 is 11.6 Å². The van der Waals surface area contributed by atoms with Crippen molar-refractivity contribution in [2.75, 3.05) is 37.8 Å². The van der Waals surface area contributed by atoms with Crippen molar-refractivity contribution in [3.05, 3.63) is 72.3 Å². The summed E-state index contributed by atoms with van der Waals surface area (Å²) in [4.78, 5) is 28.6. The fraction of sp³-hybridized carbons (Fsp3) is 0.308. The molecule has 4 rings (SSSR count). The third-order valence-corrected chi connectivity index (χ3v) is 6.20. The third-order valence-electron chi connectivity index (χ3n) is 5.97. The van der Waals surface area contributed by atoms with Crippen LogP contribution in [0, 0.1) is 0 Å². The molecule has 0 bridgehead atoms. The number of likely N-dealkylation sites (N-methyl/N-ethyl adjacent to an activating group) is 1. The minimum Gasteiger partial charge on any atom is -0.381 e. The number of anilines is 3. The monoisotopic (exact) mass is 491 g/mol. The molecule has 0 spiro atoms. The molecule has 0 amide bonds. The summed E-state index contributed by atoms with van der Waals surface area (Å²) in [5.41, 5.74) is 3.66. The first-order valence-corrected chi connectivity index (χ1v) is 12.0. The van der Waals surface area contributed by atoms with E-state index in [4.69, 9.17) is 11.6 Å². The number of nitrogens with one attached hydrogen (secondary N) is 2. The Labute approximate surface area is 211 Å². The highest BCUT2D eigenvalue weighted by Crippen LogP contribution is 2.24. The average Bonchev–Trinajstić information content (AvgIpc) is 2.86. The summed E-state index contributed by atoms with van der Waals surface area (Å²) in [5.74, 6) is 0.504. The molecule has 3 aromatic rings. The van der Waals surface area contributed by atoms with E-state index >= 15 is 0 Å². The fourth-order valence-corrected chi connectivity index (χ4v) is 4.41. The number of nitrogens with zero attached hydrogens (tertiary/aromatic N) is 5. The molecule has 182 valence electrons. The maximum atomic E-state index is 10.7. The zero-order valence-electron chi connectivity index (χ0n) is 19.9. The number of halogens is 1. The van der Waals surface area contributed by atoms with Crippen LogP contribution in [0.2, 0.25) is 5.02 Å². The van der Waals surface area contributed by atoms with Gasteiger partial charge in [-0.25, -0.2) is 9.97 Å². The lowest BCUT2D eigenvalue weighted by molar-refractivity contribution is -0.104. The van der Waals surface area contributed by atoms with Crippen molar-refractivity contribution in [2.45, 2.75) is 25.0 Å². The number of carbonyl (C=O) groups is 1. The number of hydrogen-bond donors (Lipinski definition) is 2. The minimum absolute atomic E-state index is 0.127. The molecule has 1 aliphatic heterocycles. The first-order chi connectivity index (χ1) is 17.0. The Morgan fingerprint density at radius 1 is 1.06 bits per heavy atom. The van der Waals surface area contributed by atoms with Crippen LogP contribution in [-0.4, -0.2) is 70.4 Å². The second kappa shape index (κ2) is 11.9. The van der Waals surface area contributed by atoms with E-state index in [0.29, 0.717) is 17.0 Å². The van der Waals surface area contributed by atoms with Gasteiger partial charge in [0.1, 0.15) is 6.29 Å². The van der Waals surface area contributed by atoms with Crippen LogP contribution in [0.5, 0.6) is 0 Å². The van der Waals surface area contributed by atoms with Gasteiger partial charge in [0.15, 0.2) is 0 Å². The molecule has 0 aliphatic carbocycles. The quantitative estimate of drug-likeness (QED) is 0.335. The van der Waals surface area contributed by atoms with Gasteiger partial charge in [-0.1, -0.05) is 17.7 Å². The molecule has 1 atom stereocenters. The van der Waals surface area contributed by atoms with Crippen LogP contribution in [0.15, 0.2) is 67.3 Å². The highest BCUT2D eigenvalue weighted by atomic mass is 35.5. The largest absolute Gasteiger partial charge is 0.381 e. The number of benzene rings is 1. The molecule has 1 aromatic carbocycles. The van der Waals surface area contributed by atoms with Gasteiger partial charge in [-0.2, -0.15) is 0 Å². The maximum absolute atomic E-state index is 10.7. The molecule has 1 saturated heterocycles. The lowest BCUT2D eigenvalue weighted by Crippen LogP contribution is -2.49. The second-order valence-electron chi connectivity index (χ2n) is 8.75. The SMILES string of the molecule is CN(C)C(/C=C/C=O)N1CCC(Nc2cncc(-c3cnc(Nc4cccc(Cl)c4)nc3)c2)CC1. The second-order valence-corrected chi connectivity index (χ2v) is 9.18. The van der Waals surface area contributed by atoms with Crippen LogP contribution in [0.1, 0.15) is 12.8 Å². The van der Waals surface area contributed by atoms with Crippen molar-refractivity contribution in [3.8, 4) is 11.1 Å². The summed E-state index contributed by atoms with van der Waals surface area (Å²) in [6.07, 6.45) is 13.7. The van der Waals surface area contributed by atoms with Gasteiger partial charge >= 0.3 is 0 Å². The highest BCUT2D eigenvalue weighted by Gasteiger charge is 2.24. The van der Waals surface area contributed by atoms with Crippen LogP contribution in [-0.2, 0) is 4.79 Å². The zero-order valence-corrected chi connectivity index (χ0v) is 20.7. The number of piperidine rings is 1. The Balaban J connectivity index is 1.35. The van der Waals surface area contributed by atoms with Gasteiger partial charge in [0, 0.05) is 65.8 Å². The number of aldehydes is 1. The molecule has 1 fully saturated rings. The van der Waals surface area contributed by atoms with Crippen LogP contribution in [0.3, 0.4) is 0 Å². The van der Waals surface area contributed by atoms with Crippen molar-refractivity contribution < 1.29 is 4.79 Å². The van der Waals surface area contributed by atoms with Gasteiger partial charge in [0.25, 0.3) is 0 Å². The Bertz CT molecular complexity index is 1140.